The number of aromatic nitrogens is 4. The summed E-state index contributed by atoms with van der Waals surface area (Å²) in [6.45, 7) is 6.14. The van der Waals surface area contributed by atoms with Gasteiger partial charge in [0.15, 0.2) is 0 Å². The summed E-state index contributed by atoms with van der Waals surface area (Å²) >= 11 is 0. The maximum Gasteiger partial charge on any atom is 0.115 e. The molecule has 0 aromatic carbocycles. The van der Waals surface area contributed by atoms with Crippen LogP contribution in [0.4, 0.5) is 0 Å². The maximum atomic E-state index is 4.35. The zero-order chi connectivity index (χ0) is 13.5. The van der Waals surface area contributed by atoms with E-state index < -0.39 is 0 Å². The topological polar surface area (TPSA) is 55.6 Å². The molecule has 0 amide bonds. The van der Waals surface area contributed by atoms with Crippen LogP contribution in [0, 0.1) is 0 Å². The fourth-order valence-electron chi connectivity index (χ4n) is 2.03. The number of hydrogen-bond acceptors (Lipinski definition) is 4. The van der Waals surface area contributed by atoms with Crippen LogP contribution in [0.25, 0.3) is 0 Å². The molecule has 1 unspecified atom stereocenters. The molecule has 1 atom stereocenters. The molecule has 0 bridgehead atoms. The van der Waals surface area contributed by atoms with Crippen LogP contribution in [0.5, 0.6) is 0 Å². The van der Waals surface area contributed by atoms with Crippen molar-refractivity contribution in [3.8, 4) is 0 Å². The standard InChI is InChI=1S/C14H21N5/c1-3-6-16-14(13-5-7-15-11-17-13)8-12-9-18-19(4-2)10-12/h5,7,9-11,14,16H,3-4,6,8H2,1-2H3. The minimum absolute atomic E-state index is 0.220. The highest BCUT2D eigenvalue weighted by Gasteiger charge is 2.13. The summed E-state index contributed by atoms with van der Waals surface area (Å²) in [5.74, 6) is 0. The molecule has 2 aromatic rings. The Kier molecular flexibility index (Phi) is 5.03. The summed E-state index contributed by atoms with van der Waals surface area (Å²) in [6, 6.07) is 2.19. The summed E-state index contributed by atoms with van der Waals surface area (Å²) in [4.78, 5) is 8.33. The summed E-state index contributed by atoms with van der Waals surface area (Å²) in [7, 11) is 0. The van der Waals surface area contributed by atoms with E-state index in [4.69, 9.17) is 0 Å². The van der Waals surface area contributed by atoms with E-state index in [0.717, 1.165) is 31.6 Å². The second-order valence-electron chi connectivity index (χ2n) is 4.55. The zero-order valence-electron chi connectivity index (χ0n) is 11.6. The first-order valence-electron chi connectivity index (χ1n) is 6.84. The van der Waals surface area contributed by atoms with E-state index in [1.165, 1.54) is 5.56 Å². The van der Waals surface area contributed by atoms with Gasteiger partial charge in [-0.1, -0.05) is 6.92 Å². The summed E-state index contributed by atoms with van der Waals surface area (Å²) in [5.41, 5.74) is 2.27. The van der Waals surface area contributed by atoms with Crippen molar-refractivity contribution in [1.82, 2.24) is 25.1 Å². The minimum atomic E-state index is 0.220. The Labute approximate surface area is 114 Å². The van der Waals surface area contributed by atoms with Crippen LogP contribution >= 0.6 is 0 Å². The summed E-state index contributed by atoms with van der Waals surface area (Å²) < 4.78 is 1.95. The van der Waals surface area contributed by atoms with Crippen molar-refractivity contribution in [3.05, 3.63) is 42.2 Å². The highest BCUT2D eigenvalue weighted by Crippen LogP contribution is 2.15. The molecule has 2 aromatic heterocycles. The maximum absolute atomic E-state index is 4.35. The quantitative estimate of drug-likeness (QED) is 0.826. The summed E-state index contributed by atoms with van der Waals surface area (Å²) in [5, 5.41) is 7.85. The van der Waals surface area contributed by atoms with E-state index in [9.17, 15) is 0 Å². The highest BCUT2D eigenvalue weighted by atomic mass is 15.3. The van der Waals surface area contributed by atoms with Crippen LogP contribution in [-0.4, -0.2) is 26.3 Å². The minimum Gasteiger partial charge on any atom is -0.308 e. The van der Waals surface area contributed by atoms with Gasteiger partial charge in [0.25, 0.3) is 0 Å². The lowest BCUT2D eigenvalue weighted by Gasteiger charge is -2.16. The zero-order valence-corrected chi connectivity index (χ0v) is 11.6. The molecule has 0 aliphatic heterocycles. The van der Waals surface area contributed by atoms with Crippen LogP contribution in [0.2, 0.25) is 0 Å². The number of aryl methyl sites for hydroxylation is 1. The molecule has 1 N–H and O–H groups in total. The molecule has 0 radical (unpaired) electrons. The van der Waals surface area contributed by atoms with Crippen molar-refractivity contribution in [3.63, 3.8) is 0 Å². The molecule has 5 heteroatoms. The molecule has 2 heterocycles. The van der Waals surface area contributed by atoms with E-state index in [2.05, 4.69) is 40.4 Å². The smallest absolute Gasteiger partial charge is 0.115 e. The average molecular weight is 259 g/mol. The first kappa shape index (κ1) is 13.7. The Bertz CT molecular complexity index is 480. The van der Waals surface area contributed by atoms with E-state index >= 15 is 0 Å². The predicted octanol–water partition coefficient (Wildman–Crippen LogP) is 1.98. The van der Waals surface area contributed by atoms with Gasteiger partial charge in [0.05, 0.1) is 17.9 Å². The van der Waals surface area contributed by atoms with Crippen molar-refractivity contribution in [1.29, 1.82) is 0 Å². The van der Waals surface area contributed by atoms with Crippen LogP contribution < -0.4 is 5.32 Å². The van der Waals surface area contributed by atoms with Gasteiger partial charge in [0.1, 0.15) is 6.33 Å². The molecular formula is C14H21N5. The van der Waals surface area contributed by atoms with E-state index in [0.29, 0.717) is 0 Å². The van der Waals surface area contributed by atoms with Gasteiger partial charge in [0, 0.05) is 18.9 Å². The van der Waals surface area contributed by atoms with E-state index in [-0.39, 0.29) is 6.04 Å². The molecule has 2 rings (SSSR count). The SMILES string of the molecule is CCCNC(Cc1cnn(CC)c1)c1ccncn1. The Morgan fingerprint density at radius 1 is 1.37 bits per heavy atom. The van der Waals surface area contributed by atoms with Gasteiger partial charge in [-0.15, -0.1) is 0 Å². The number of nitrogens with one attached hydrogen (secondary N) is 1. The highest BCUT2D eigenvalue weighted by molar-refractivity contribution is 5.13. The van der Waals surface area contributed by atoms with Crippen molar-refractivity contribution in [2.45, 2.75) is 39.3 Å². The van der Waals surface area contributed by atoms with Gasteiger partial charge in [-0.2, -0.15) is 5.10 Å². The molecule has 0 aliphatic rings. The largest absolute Gasteiger partial charge is 0.308 e. The van der Waals surface area contributed by atoms with Gasteiger partial charge in [-0.3, -0.25) is 4.68 Å². The molecule has 0 spiro atoms. The summed E-state index contributed by atoms with van der Waals surface area (Å²) in [6.07, 6.45) is 9.43. The van der Waals surface area contributed by atoms with Crippen molar-refractivity contribution >= 4 is 0 Å². The van der Waals surface area contributed by atoms with E-state index in [1.54, 1.807) is 12.5 Å². The number of hydrogen-bond donors (Lipinski definition) is 1. The van der Waals surface area contributed by atoms with Crippen LogP contribution in [0.15, 0.2) is 31.0 Å². The third-order valence-electron chi connectivity index (χ3n) is 3.05. The molecule has 5 nitrogen and oxygen atoms in total. The first-order valence-corrected chi connectivity index (χ1v) is 6.84. The number of rotatable bonds is 7. The normalized spacial score (nSPS) is 12.5. The molecule has 102 valence electrons. The number of nitrogens with zero attached hydrogens (tertiary/aromatic N) is 4. The van der Waals surface area contributed by atoms with Gasteiger partial charge in [-0.05, 0) is 37.9 Å². The second-order valence-corrected chi connectivity index (χ2v) is 4.55. The van der Waals surface area contributed by atoms with Crippen molar-refractivity contribution < 1.29 is 0 Å². The third-order valence-corrected chi connectivity index (χ3v) is 3.05. The first-order chi connectivity index (χ1) is 9.33. The van der Waals surface area contributed by atoms with Gasteiger partial charge < -0.3 is 5.32 Å². The molecule has 0 aliphatic carbocycles. The second kappa shape index (κ2) is 6.99. The van der Waals surface area contributed by atoms with Gasteiger partial charge in [-0.25, -0.2) is 9.97 Å². The monoisotopic (exact) mass is 259 g/mol. The Morgan fingerprint density at radius 3 is 2.89 bits per heavy atom. The Balaban J connectivity index is 2.09. The third kappa shape index (κ3) is 3.86. The molecule has 0 fully saturated rings. The van der Waals surface area contributed by atoms with Crippen molar-refractivity contribution in [2.24, 2.45) is 0 Å². The lowest BCUT2D eigenvalue weighted by atomic mass is 10.1. The van der Waals surface area contributed by atoms with Crippen LogP contribution in [0.3, 0.4) is 0 Å². The van der Waals surface area contributed by atoms with E-state index in [1.807, 2.05) is 16.9 Å². The predicted molar refractivity (Wildman–Crippen MR) is 74.7 cm³/mol. The van der Waals surface area contributed by atoms with Crippen LogP contribution in [0.1, 0.15) is 37.6 Å². The average Bonchev–Trinajstić information content (AvgIpc) is 2.92. The van der Waals surface area contributed by atoms with Crippen LogP contribution in [-0.2, 0) is 13.0 Å². The molecule has 0 saturated heterocycles. The molecule has 19 heavy (non-hydrogen) atoms. The van der Waals surface area contributed by atoms with Gasteiger partial charge in [0.2, 0.25) is 0 Å². The van der Waals surface area contributed by atoms with Gasteiger partial charge >= 0.3 is 0 Å². The van der Waals surface area contributed by atoms with Crippen molar-refractivity contribution in [2.75, 3.05) is 6.54 Å². The lowest BCUT2D eigenvalue weighted by Crippen LogP contribution is -2.24. The fourth-order valence-corrected chi connectivity index (χ4v) is 2.03. The molecular weight excluding hydrogens is 238 g/mol. The fraction of sp³-hybridized carbons (Fsp3) is 0.500. The lowest BCUT2D eigenvalue weighted by molar-refractivity contribution is 0.516. The Morgan fingerprint density at radius 2 is 2.26 bits per heavy atom. The Hall–Kier alpha value is -1.75. The molecule has 0 saturated carbocycles.